The third-order valence-electron chi connectivity index (χ3n) is 4.55. The van der Waals surface area contributed by atoms with Crippen molar-refractivity contribution in [1.82, 2.24) is 20.1 Å². The predicted octanol–water partition coefficient (Wildman–Crippen LogP) is 3.53. The zero-order valence-electron chi connectivity index (χ0n) is 16.2. The molecule has 0 atom stereocenters. The number of carbonyl (C=O) groups excluding carboxylic acids is 2. The molecular weight excluding hydrogens is 398 g/mol. The van der Waals surface area contributed by atoms with Gasteiger partial charge in [0.15, 0.2) is 0 Å². The van der Waals surface area contributed by atoms with Gasteiger partial charge in [0, 0.05) is 37.1 Å². The molecule has 1 aromatic carbocycles. The highest BCUT2D eigenvalue weighted by Crippen LogP contribution is 2.18. The number of amides is 2. The van der Waals surface area contributed by atoms with Gasteiger partial charge in [0.1, 0.15) is 0 Å². The van der Waals surface area contributed by atoms with Crippen LogP contribution in [0.5, 0.6) is 0 Å². The fraction of sp³-hybridized carbons (Fsp3) is 0.0909. The van der Waals surface area contributed by atoms with E-state index in [4.69, 9.17) is 0 Å². The van der Waals surface area contributed by atoms with E-state index in [0.717, 1.165) is 12.0 Å². The summed E-state index contributed by atoms with van der Waals surface area (Å²) in [5, 5.41) is 14.0. The van der Waals surface area contributed by atoms with Gasteiger partial charge in [-0.3, -0.25) is 14.6 Å². The topological polar surface area (TPSA) is 88.9 Å². The minimum Gasteiger partial charge on any atom is -0.355 e. The third kappa shape index (κ3) is 4.28. The fourth-order valence-corrected chi connectivity index (χ4v) is 3.69. The van der Waals surface area contributed by atoms with Crippen molar-refractivity contribution >= 4 is 28.8 Å². The number of rotatable bonds is 6. The van der Waals surface area contributed by atoms with Crippen LogP contribution in [0.25, 0.3) is 5.69 Å². The van der Waals surface area contributed by atoms with Gasteiger partial charge in [-0.2, -0.15) is 16.4 Å². The molecule has 0 saturated carbocycles. The van der Waals surface area contributed by atoms with E-state index in [1.165, 1.54) is 5.56 Å². The van der Waals surface area contributed by atoms with Crippen LogP contribution in [-0.2, 0) is 6.42 Å². The third-order valence-corrected chi connectivity index (χ3v) is 5.28. The number of aromatic nitrogens is 3. The van der Waals surface area contributed by atoms with Crippen molar-refractivity contribution in [2.45, 2.75) is 6.42 Å². The standard InChI is InChI=1S/C22H19N5O2S/c1-23-21(28)17-2-4-18(5-3-17)26-22(29)19-6-8-24-12-20(19)27-13-16(11-25-27)10-15-7-9-30-14-15/h2-9,11-14H,10H2,1H3,(H,23,28)(H,26,29). The van der Waals surface area contributed by atoms with Crippen LogP contribution in [0.4, 0.5) is 5.69 Å². The van der Waals surface area contributed by atoms with Gasteiger partial charge in [-0.25, -0.2) is 4.68 Å². The summed E-state index contributed by atoms with van der Waals surface area (Å²) in [6, 6.07) is 10.4. The molecule has 0 aliphatic rings. The van der Waals surface area contributed by atoms with Gasteiger partial charge in [0.05, 0.1) is 23.6 Å². The van der Waals surface area contributed by atoms with Gasteiger partial charge in [0.2, 0.25) is 0 Å². The monoisotopic (exact) mass is 417 g/mol. The molecule has 0 spiro atoms. The molecule has 0 bridgehead atoms. The Hall–Kier alpha value is -3.78. The SMILES string of the molecule is CNC(=O)c1ccc(NC(=O)c2ccncc2-n2cc(Cc3ccsc3)cn2)cc1. The fourth-order valence-electron chi connectivity index (χ4n) is 3.02. The molecular formula is C22H19N5O2S. The molecule has 2 amide bonds. The lowest BCUT2D eigenvalue weighted by Gasteiger charge is -2.10. The largest absolute Gasteiger partial charge is 0.355 e. The minimum atomic E-state index is -0.282. The van der Waals surface area contributed by atoms with E-state index in [9.17, 15) is 9.59 Å². The van der Waals surface area contributed by atoms with Gasteiger partial charge in [-0.05, 0) is 58.3 Å². The lowest BCUT2D eigenvalue weighted by Crippen LogP contribution is -2.18. The molecule has 3 heterocycles. The van der Waals surface area contributed by atoms with Crippen LogP contribution in [0.15, 0.2) is 71.9 Å². The average molecular weight is 417 g/mol. The van der Waals surface area contributed by atoms with Crippen molar-refractivity contribution in [2.75, 3.05) is 12.4 Å². The van der Waals surface area contributed by atoms with Crippen molar-refractivity contribution < 1.29 is 9.59 Å². The minimum absolute atomic E-state index is 0.179. The Labute approximate surface area is 177 Å². The van der Waals surface area contributed by atoms with Crippen molar-refractivity contribution in [1.29, 1.82) is 0 Å². The zero-order chi connectivity index (χ0) is 20.9. The van der Waals surface area contributed by atoms with E-state index in [2.05, 4.69) is 32.2 Å². The summed E-state index contributed by atoms with van der Waals surface area (Å²) in [7, 11) is 1.57. The van der Waals surface area contributed by atoms with Gasteiger partial charge < -0.3 is 10.6 Å². The summed E-state index contributed by atoms with van der Waals surface area (Å²) in [4.78, 5) is 28.7. The molecule has 0 unspecified atom stereocenters. The van der Waals surface area contributed by atoms with Crippen molar-refractivity contribution in [2.24, 2.45) is 0 Å². The van der Waals surface area contributed by atoms with Crippen LogP contribution >= 0.6 is 11.3 Å². The predicted molar refractivity (Wildman–Crippen MR) is 116 cm³/mol. The molecule has 150 valence electrons. The number of pyridine rings is 1. The first kappa shape index (κ1) is 19.5. The Morgan fingerprint density at radius 2 is 1.87 bits per heavy atom. The van der Waals surface area contributed by atoms with Crippen LogP contribution in [0.3, 0.4) is 0 Å². The van der Waals surface area contributed by atoms with E-state index >= 15 is 0 Å². The molecule has 0 aliphatic carbocycles. The maximum absolute atomic E-state index is 12.9. The van der Waals surface area contributed by atoms with Crippen LogP contribution in [0, 0.1) is 0 Å². The Kier molecular flexibility index (Phi) is 5.67. The van der Waals surface area contributed by atoms with Gasteiger partial charge in [-0.1, -0.05) is 0 Å². The molecule has 0 aliphatic heterocycles. The van der Waals surface area contributed by atoms with E-state index in [-0.39, 0.29) is 11.8 Å². The molecule has 0 saturated heterocycles. The zero-order valence-corrected chi connectivity index (χ0v) is 17.0. The number of thiophene rings is 1. The summed E-state index contributed by atoms with van der Waals surface area (Å²) >= 11 is 1.66. The van der Waals surface area contributed by atoms with Gasteiger partial charge in [-0.15, -0.1) is 0 Å². The van der Waals surface area contributed by atoms with E-state index in [1.807, 2.05) is 11.6 Å². The Morgan fingerprint density at radius 1 is 1.03 bits per heavy atom. The summed E-state index contributed by atoms with van der Waals surface area (Å²) in [5.74, 6) is -0.462. The van der Waals surface area contributed by atoms with Gasteiger partial charge >= 0.3 is 0 Å². The lowest BCUT2D eigenvalue weighted by atomic mass is 10.1. The number of hydrogen-bond donors (Lipinski definition) is 2. The number of carbonyl (C=O) groups is 2. The second-order valence-corrected chi connectivity index (χ2v) is 7.38. The highest BCUT2D eigenvalue weighted by atomic mass is 32.1. The Bertz CT molecular complexity index is 1170. The van der Waals surface area contributed by atoms with Crippen molar-refractivity contribution in [3.8, 4) is 5.69 Å². The van der Waals surface area contributed by atoms with Crippen LogP contribution in [0.2, 0.25) is 0 Å². The first-order chi connectivity index (χ1) is 14.6. The maximum atomic E-state index is 12.9. The van der Waals surface area contributed by atoms with Crippen LogP contribution in [-0.4, -0.2) is 33.6 Å². The Balaban J connectivity index is 1.53. The first-order valence-electron chi connectivity index (χ1n) is 9.26. The maximum Gasteiger partial charge on any atom is 0.257 e. The average Bonchev–Trinajstić information content (AvgIpc) is 3.46. The highest BCUT2D eigenvalue weighted by Gasteiger charge is 2.15. The lowest BCUT2D eigenvalue weighted by molar-refractivity contribution is 0.0962. The quantitative estimate of drug-likeness (QED) is 0.502. The van der Waals surface area contributed by atoms with E-state index in [1.54, 1.807) is 72.0 Å². The molecule has 3 aromatic heterocycles. The van der Waals surface area contributed by atoms with Crippen molar-refractivity contribution in [3.05, 3.63) is 94.2 Å². The van der Waals surface area contributed by atoms with Crippen molar-refractivity contribution in [3.63, 3.8) is 0 Å². The molecule has 8 heteroatoms. The second kappa shape index (κ2) is 8.71. The Morgan fingerprint density at radius 3 is 2.60 bits per heavy atom. The van der Waals surface area contributed by atoms with Crippen LogP contribution < -0.4 is 10.6 Å². The van der Waals surface area contributed by atoms with Gasteiger partial charge in [0.25, 0.3) is 11.8 Å². The second-order valence-electron chi connectivity index (χ2n) is 6.60. The summed E-state index contributed by atoms with van der Waals surface area (Å²) < 4.78 is 1.66. The first-order valence-corrected chi connectivity index (χ1v) is 10.2. The van der Waals surface area contributed by atoms with E-state index in [0.29, 0.717) is 22.5 Å². The smallest absolute Gasteiger partial charge is 0.257 e. The molecule has 2 N–H and O–H groups in total. The number of benzene rings is 1. The molecule has 0 radical (unpaired) electrons. The normalized spacial score (nSPS) is 10.6. The summed E-state index contributed by atoms with van der Waals surface area (Å²) in [6.07, 6.45) is 7.67. The molecule has 4 rings (SSSR count). The van der Waals surface area contributed by atoms with E-state index < -0.39 is 0 Å². The molecule has 7 nitrogen and oxygen atoms in total. The number of nitrogens with zero attached hydrogens (tertiary/aromatic N) is 3. The molecule has 0 fully saturated rings. The number of nitrogens with one attached hydrogen (secondary N) is 2. The summed E-state index contributed by atoms with van der Waals surface area (Å²) in [6.45, 7) is 0. The number of anilines is 1. The number of hydrogen-bond acceptors (Lipinski definition) is 5. The molecule has 30 heavy (non-hydrogen) atoms. The van der Waals surface area contributed by atoms with Crippen LogP contribution in [0.1, 0.15) is 31.8 Å². The molecule has 4 aromatic rings. The highest BCUT2D eigenvalue weighted by molar-refractivity contribution is 7.07. The summed E-state index contributed by atoms with van der Waals surface area (Å²) in [5.41, 5.74) is 4.43.